The van der Waals surface area contributed by atoms with Crippen LogP contribution in [0.25, 0.3) is 0 Å². The fraction of sp³-hybridized carbons (Fsp3) is 0.556. The van der Waals surface area contributed by atoms with E-state index in [9.17, 15) is 0 Å². The Hall–Kier alpha value is -0.560. The van der Waals surface area contributed by atoms with Gasteiger partial charge in [0.05, 0.1) is 0 Å². The lowest BCUT2D eigenvalue weighted by molar-refractivity contribution is 0.285. The third kappa shape index (κ3) is 7.44. The average molecular weight is 140 g/mol. The van der Waals surface area contributed by atoms with Crippen molar-refractivity contribution in [2.24, 2.45) is 0 Å². The van der Waals surface area contributed by atoms with Gasteiger partial charge in [-0.3, -0.25) is 0 Å². The number of rotatable bonds is 6. The normalized spacial score (nSPS) is 10.5. The molecule has 0 fully saturated rings. The fourth-order valence-electron chi connectivity index (χ4n) is 0.684. The zero-order valence-electron chi connectivity index (χ0n) is 6.42. The molecule has 0 amide bonds. The monoisotopic (exact) mass is 140 g/mol. The summed E-state index contributed by atoms with van der Waals surface area (Å²) in [5.74, 6) is 0. The van der Waals surface area contributed by atoms with Gasteiger partial charge >= 0.3 is 0 Å². The summed E-state index contributed by atoms with van der Waals surface area (Å²) in [6.45, 7) is 3.92. The van der Waals surface area contributed by atoms with Crippen LogP contribution >= 0.6 is 0 Å². The van der Waals surface area contributed by atoms with Gasteiger partial charge in [0.25, 0.3) is 0 Å². The van der Waals surface area contributed by atoms with E-state index in [1.54, 1.807) is 0 Å². The molecule has 0 unspecified atom stereocenters. The second kappa shape index (κ2) is 8.44. The highest BCUT2D eigenvalue weighted by Gasteiger charge is 1.80. The van der Waals surface area contributed by atoms with E-state index in [0.29, 0.717) is 6.61 Å². The summed E-state index contributed by atoms with van der Waals surface area (Å²) in [4.78, 5) is 0. The minimum Gasteiger partial charge on any atom is -0.396 e. The van der Waals surface area contributed by atoms with Crippen molar-refractivity contribution in [1.82, 2.24) is 0 Å². The van der Waals surface area contributed by atoms with Crippen LogP contribution in [-0.4, -0.2) is 11.7 Å². The van der Waals surface area contributed by atoms with Crippen LogP contribution in [0.1, 0.15) is 25.7 Å². The summed E-state index contributed by atoms with van der Waals surface area (Å²) < 4.78 is 0. The molecular weight excluding hydrogens is 124 g/mol. The molecule has 0 spiro atoms. The summed E-state index contributed by atoms with van der Waals surface area (Å²) in [6, 6.07) is 0. The Morgan fingerprint density at radius 1 is 1.20 bits per heavy atom. The van der Waals surface area contributed by atoms with Gasteiger partial charge in [-0.2, -0.15) is 0 Å². The Bertz CT molecular complexity index is 94.9. The molecule has 0 aliphatic heterocycles. The van der Waals surface area contributed by atoms with Gasteiger partial charge in [0.15, 0.2) is 0 Å². The largest absolute Gasteiger partial charge is 0.396 e. The van der Waals surface area contributed by atoms with Crippen molar-refractivity contribution in [3.63, 3.8) is 0 Å². The Balaban J connectivity index is 2.94. The van der Waals surface area contributed by atoms with Crippen molar-refractivity contribution in [2.75, 3.05) is 6.61 Å². The third-order valence-electron chi connectivity index (χ3n) is 1.25. The van der Waals surface area contributed by atoms with E-state index in [2.05, 4.69) is 18.7 Å². The van der Waals surface area contributed by atoms with Crippen LogP contribution in [0.4, 0.5) is 0 Å². The van der Waals surface area contributed by atoms with Crippen LogP contribution in [0.15, 0.2) is 24.8 Å². The van der Waals surface area contributed by atoms with Crippen LogP contribution in [0.3, 0.4) is 0 Å². The Morgan fingerprint density at radius 2 is 2.00 bits per heavy atom. The maximum absolute atomic E-state index is 8.43. The second-order valence-corrected chi connectivity index (χ2v) is 2.22. The number of allylic oxidation sites excluding steroid dienone is 3. The number of unbranched alkanes of at least 4 members (excludes halogenated alkanes) is 2. The highest BCUT2D eigenvalue weighted by Crippen LogP contribution is 1.96. The number of hydrogen-bond acceptors (Lipinski definition) is 1. The van der Waals surface area contributed by atoms with E-state index in [0.717, 1.165) is 25.7 Å². The Kier molecular flexibility index (Phi) is 7.97. The van der Waals surface area contributed by atoms with Crippen molar-refractivity contribution < 1.29 is 5.11 Å². The first-order valence-electron chi connectivity index (χ1n) is 3.78. The maximum atomic E-state index is 8.43. The lowest BCUT2D eigenvalue weighted by Crippen LogP contribution is -1.79. The molecule has 0 aromatic heterocycles. The van der Waals surface area contributed by atoms with E-state index in [1.807, 2.05) is 6.08 Å². The fourth-order valence-corrected chi connectivity index (χ4v) is 0.684. The lowest BCUT2D eigenvalue weighted by Gasteiger charge is -1.89. The molecule has 0 atom stereocenters. The average Bonchev–Trinajstić information content (AvgIpc) is 1.97. The Morgan fingerprint density at radius 3 is 2.60 bits per heavy atom. The summed E-state index contributed by atoms with van der Waals surface area (Å²) >= 11 is 0. The molecule has 0 aromatic carbocycles. The molecule has 0 aliphatic rings. The molecular formula is C9H16O. The zero-order valence-corrected chi connectivity index (χ0v) is 6.42. The minimum absolute atomic E-state index is 0.315. The first-order valence-corrected chi connectivity index (χ1v) is 3.78. The lowest BCUT2D eigenvalue weighted by atomic mass is 10.2. The molecule has 0 bridgehead atoms. The topological polar surface area (TPSA) is 20.2 Å². The Labute approximate surface area is 63.1 Å². The first-order chi connectivity index (χ1) is 4.91. The van der Waals surface area contributed by atoms with Gasteiger partial charge in [-0.15, -0.1) is 6.58 Å². The number of aliphatic hydroxyl groups is 1. The number of aliphatic hydroxyl groups excluding tert-OH is 1. The maximum Gasteiger partial charge on any atom is 0.0431 e. The minimum atomic E-state index is 0.315. The van der Waals surface area contributed by atoms with Crippen molar-refractivity contribution in [1.29, 1.82) is 0 Å². The molecule has 0 rings (SSSR count). The highest BCUT2D eigenvalue weighted by molar-refractivity contribution is 4.87. The smallest absolute Gasteiger partial charge is 0.0431 e. The molecule has 0 aromatic rings. The molecule has 0 saturated carbocycles. The predicted molar refractivity (Wildman–Crippen MR) is 44.9 cm³/mol. The van der Waals surface area contributed by atoms with Gasteiger partial charge < -0.3 is 5.11 Å². The van der Waals surface area contributed by atoms with Crippen LogP contribution in [-0.2, 0) is 0 Å². The molecule has 0 aliphatic carbocycles. The quantitative estimate of drug-likeness (QED) is 0.443. The molecule has 1 heteroatoms. The summed E-state index contributed by atoms with van der Waals surface area (Å²) in [7, 11) is 0. The van der Waals surface area contributed by atoms with Gasteiger partial charge in [0.1, 0.15) is 0 Å². The van der Waals surface area contributed by atoms with Gasteiger partial charge in [-0.25, -0.2) is 0 Å². The molecule has 1 nitrogen and oxygen atoms in total. The molecule has 1 N–H and O–H groups in total. The van der Waals surface area contributed by atoms with Crippen LogP contribution < -0.4 is 0 Å². The number of hydrogen-bond donors (Lipinski definition) is 1. The zero-order chi connectivity index (χ0) is 7.66. The van der Waals surface area contributed by atoms with Crippen molar-refractivity contribution in [2.45, 2.75) is 25.7 Å². The van der Waals surface area contributed by atoms with E-state index in [1.165, 1.54) is 0 Å². The third-order valence-corrected chi connectivity index (χ3v) is 1.25. The van der Waals surface area contributed by atoms with Crippen molar-refractivity contribution in [3.05, 3.63) is 24.8 Å². The SMILES string of the molecule is C=CC/C=C/CCCCO. The van der Waals surface area contributed by atoms with E-state index in [-0.39, 0.29) is 0 Å². The standard InChI is InChI=1S/C9H16O/c1-2-3-4-5-6-7-8-9-10/h2,4-5,10H,1,3,6-9H2/b5-4+. The van der Waals surface area contributed by atoms with Gasteiger partial charge in [0.2, 0.25) is 0 Å². The summed E-state index contributed by atoms with van der Waals surface area (Å²) in [5, 5.41) is 8.43. The van der Waals surface area contributed by atoms with Gasteiger partial charge in [0, 0.05) is 6.61 Å². The highest BCUT2D eigenvalue weighted by atomic mass is 16.2. The van der Waals surface area contributed by atoms with E-state index >= 15 is 0 Å². The summed E-state index contributed by atoms with van der Waals surface area (Å²) in [6.07, 6.45) is 10.2. The molecule has 0 saturated heterocycles. The molecule has 0 heterocycles. The van der Waals surface area contributed by atoms with E-state index in [4.69, 9.17) is 5.11 Å². The van der Waals surface area contributed by atoms with Gasteiger partial charge in [-0.1, -0.05) is 18.2 Å². The van der Waals surface area contributed by atoms with Crippen LogP contribution in [0.5, 0.6) is 0 Å². The van der Waals surface area contributed by atoms with E-state index < -0.39 is 0 Å². The summed E-state index contributed by atoms with van der Waals surface area (Å²) in [5.41, 5.74) is 0. The van der Waals surface area contributed by atoms with Crippen LogP contribution in [0, 0.1) is 0 Å². The second-order valence-electron chi connectivity index (χ2n) is 2.22. The van der Waals surface area contributed by atoms with Gasteiger partial charge in [-0.05, 0) is 25.7 Å². The van der Waals surface area contributed by atoms with Crippen LogP contribution in [0.2, 0.25) is 0 Å². The first kappa shape index (κ1) is 9.44. The predicted octanol–water partition coefficient (Wildman–Crippen LogP) is 2.28. The molecule has 10 heavy (non-hydrogen) atoms. The van der Waals surface area contributed by atoms with Crippen molar-refractivity contribution >= 4 is 0 Å². The molecule has 58 valence electrons. The molecule has 0 radical (unpaired) electrons. The van der Waals surface area contributed by atoms with Crippen molar-refractivity contribution in [3.8, 4) is 0 Å².